The molecule has 0 bridgehead atoms. The molecule has 3 aliphatic rings. The number of amides is 2. The van der Waals surface area contributed by atoms with E-state index < -0.39 is 5.92 Å². The first-order valence-corrected chi connectivity index (χ1v) is 14.6. The minimum Gasteiger partial charge on any atom is -0.508 e. The molecule has 3 aromatic rings. The third-order valence-corrected chi connectivity index (χ3v) is 8.97. The van der Waals surface area contributed by atoms with Crippen molar-refractivity contribution in [3.63, 3.8) is 0 Å². The van der Waals surface area contributed by atoms with E-state index in [0.29, 0.717) is 36.6 Å². The van der Waals surface area contributed by atoms with E-state index in [9.17, 15) is 14.7 Å². The number of aromatic hydroxyl groups is 1. The van der Waals surface area contributed by atoms with E-state index in [4.69, 9.17) is 16.3 Å². The first kappa shape index (κ1) is 27.4. The van der Waals surface area contributed by atoms with Crippen LogP contribution in [0, 0.1) is 23.7 Å². The number of halogens is 1. The molecule has 4 atom stereocenters. The number of para-hydroxylation sites is 1. The first-order valence-electron chi connectivity index (χ1n) is 14.2. The monoisotopic (exact) mass is 568 g/mol. The van der Waals surface area contributed by atoms with Gasteiger partial charge >= 0.3 is 0 Å². The number of nitrogens with zero attached hydrogens (tertiary/aromatic N) is 2. The van der Waals surface area contributed by atoms with Crippen molar-refractivity contribution in [2.75, 3.05) is 11.5 Å². The number of anilines is 1. The van der Waals surface area contributed by atoms with E-state index in [0.717, 1.165) is 16.8 Å². The van der Waals surface area contributed by atoms with Gasteiger partial charge in [-0.15, -0.1) is 0 Å². The molecule has 0 saturated carbocycles. The topological polar surface area (TPSA) is 79.7 Å². The van der Waals surface area contributed by atoms with Gasteiger partial charge < -0.3 is 9.84 Å². The van der Waals surface area contributed by atoms with Crippen LogP contribution in [0.3, 0.4) is 0 Å². The number of benzene rings is 2. The summed E-state index contributed by atoms with van der Waals surface area (Å²) in [6, 6.07) is 20.0. The Labute approximate surface area is 245 Å². The lowest BCUT2D eigenvalue weighted by molar-refractivity contribution is -0.122. The van der Waals surface area contributed by atoms with Crippen molar-refractivity contribution >= 4 is 40.8 Å². The number of pyridine rings is 1. The highest BCUT2D eigenvalue weighted by atomic mass is 35.5. The summed E-state index contributed by atoms with van der Waals surface area (Å²) in [4.78, 5) is 33.3. The lowest BCUT2D eigenvalue weighted by Gasteiger charge is -2.33. The van der Waals surface area contributed by atoms with Gasteiger partial charge in [-0.25, -0.2) is 0 Å². The van der Waals surface area contributed by atoms with Gasteiger partial charge in [-0.1, -0.05) is 55.3 Å². The lowest BCUT2D eigenvalue weighted by atomic mass is 9.67. The number of allylic oxidation sites excluding steroid dienone is 2. The average Bonchev–Trinajstić information content (AvgIpc) is 3.50. The van der Waals surface area contributed by atoms with Crippen molar-refractivity contribution in [1.29, 1.82) is 0 Å². The van der Waals surface area contributed by atoms with Crippen LogP contribution in [0.5, 0.6) is 5.75 Å². The molecule has 2 amide bonds. The van der Waals surface area contributed by atoms with Gasteiger partial charge in [0, 0.05) is 12.1 Å². The van der Waals surface area contributed by atoms with E-state index >= 15 is 0 Å². The highest BCUT2D eigenvalue weighted by molar-refractivity contribution is 6.32. The summed E-state index contributed by atoms with van der Waals surface area (Å²) in [5.41, 5.74) is 5.75. The second-order valence-corrected chi connectivity index (χ2v) is 11.8. The zero-order valence-electron chi connectivity index (χ0n) is 23.2. The maximum Gasteiger partial charge on any atom is 0.238 e. The smallest absolute Gasteiger partial charge is 0.238 e. The molecule has 7 heteroatoms. The zero-order valence-corrected chi connectivity index (χ0v) is 23.9. The lowest BCUT2D eigenvalue weighted by Crippen LogP contribution is -2.35. The minimum atomic E-state index is -0.396. The van der Waals surface area contributed by atoms with Gasteiger partial charge in [0.25, 0.3) is 0 Å². The molecular weight excluding hydrogens is 536 g/mol. The number of phenolic OH excluding ortho intramolecular Hbond substituents is 1. The Morgan fingerprint density at radius 1 is 1.07 bits per heavy atom. The molecule has 2 saturated heterocycles. The normalized spacial score (nSPS) is 24.3. The highest BCUT2D eigenvalue weighted by Gasteiger charge is 2.57. The van der Waals surface area contributed by atoms with E-state index in [1.165, 1.54) is 22.1 Å². The largest absolute Gasteiger partial charge is 0.508 e. The second kappa shape index (κ2) is 11.3. The van der Waals surface area contributed by atoms with E-state index in [1.807, 2.05) is 54.6 Å². The Morgan fingerprint density at radius 3 is 2.56 bits per heavy atom. The predicted molar refractivity (Wildman–Crippen MR) is 160 cm³/mol. The van der Waals surface area contributed by atoms with Gasteiger partial charge in [-0.2, -0.15) is 0 Å². The SMILES string of the molecule is CC(C)C1=C2[C@@H](CC/C(=C/c3ccc(O)cc3Cl)c3ccccn3)OC[C@@H]2[C@@H]2C(=O)N(c3ccccc3)C(=O)[C@@H]2C1. The summed E-state index contributed by atoms with van der Waals surface area (Å²) in [5.74, 6) is -0.701. The molecular formula is C34H33ClN2O4. The van der Waals surface area contributed by atoms with E-state index in [-0.39, 0.29) is 41.4 Å². The molecule has 41 heavy (non-hydrogen) atoms. The summed E-state index contributed by atoms with van der Waals surface area (Å²) >= 11 is 6.45. The number of hydrogen-bond acceptors (Lipinski definition) is 5. The fourth-order valence-electron chi connectivity index (χ4n) is 6.72. The Hall–Kier alpha value is -3.74. The Bertz CT molecular complexity index is 1530. The quantitative estimate of drug-likeness (QED) is 0.247. The van der Waals surface area contributed by atoms with E-state index in [1.54, 1.807) is 18.3 Å². The molecule has 0 spiro atoms. The van der Waals surface area contributed by atoms with Crippen LogP contribution >= 0.6 is 11.6 Å². The Morgan fingerprint density at radius 2 is 1.85 bits per heavy atom. The molecule has 0 unspecified atom stereocenters. The predicted octanol–water partition coefficient (Wildman–Crippen LogP) is 6.94. The molecule has 2 fully saturated rings. The zero-order chi connectivity index (χ0) is 28.7. The van der Waals surface area contributed by atoms with Crippen molar-refractivity contribution in [1.82, 2.24) is 4.98 Å². The standard InChI is InChI=1S/C34H33ClN2O4/c1-20(2)25-18-26-32(34(40)37(33(26)39)23-8-4-3-5-9-23)27-19-41-30(31(25)27)14-12-22(29-10-6-7-15-36-29)16-21-11-13-24(38)17-28(21)35/h3-11,13,15-17,20,26-27,30,32,38H,12,14,18-19H2,1-2H3/b22-16-/t26-,27+,30-,32-/m1/s1. The van der Waals surface area contributed by atoms with E-state index in [2.05, 4.69) is 18.8 Å². The number of imide groups is 1. The summed E-state index contributed by atoms with van der Waals surface area (Å²) in [6.45, 7) is 4.76. The van der Waals surface area contributed by atoms with Crippen molar-refractivity contribution in [3.05, 3.63) is 100 Å². The third kappa shape index (κ3) is 5.11. The van der Waals surface area contributed by atoms with Crippen molar-refractivity contribution in [2.24, 2.45) is 23.7 Å². The number of fused-ring (bicyclic) bond motifs is 3. The summed E-state index contributed by atoms with van der Waals surface area (Å²) in [6.07, 6.45) is 5.62. The van der Waals surface area contributed by atoms with Gasteiger partial charge in [0.2, 0.25) is 11.8 Å². The van der Waals surface area contributed by atoms with Gasteiger partial charge in [-0.3, -0.25) is 19.5 Å². The van der Waals surface area contributed by atoms with Crippen LogP contribution in [0.15, 0.2) is 84.1 Å². The average molecular weight is 569 g/mol. The number of rotatable bonds is 7. The summed E-state index contributed by atoms with van der Waals surface area (Å²) in [7, 11) is 0. The molecule has 210 valence electrons. The Kier molecular flexibility index (Phi) is 7.54. The maximum atomic E-state index is 13.8. The first-order chi connectivity index (χ1) is 19.8. The highest BCUT2D eigenvalue weighted by Crippen LogP contribution is 2.52. The molecule has 1 aliphatic carbocycles. The molecule has 0 radical (unpaired) electrons. The summed E-state index contributed by atoms with van der Waals surface area (Å²) in [5, 5.41) is 10.3. The molecule has 1 aromatic heterocycles. The number of phenols is 1. The molecule has 2 aromatic carbocycles. The van der Waals surface area contributed by atoms with Crippen LogP contribution in [0.25, 0.3) is 11.6 Å². The van der Waals surface area contributed by atoms with Gasteiger partial charge in [0.1, 0.15) is 5.75 Å². The number of ether oxygens (including phenoxy) is 1. The second-order valence-electron chi connectivity index (χ2n) is 11.4. The number of hydrogen-bond donors (Lipinski definition) is 1. The number of aromatic nitrogens is 1. The van der Waals surface area contributed by atoms with Crippen molar-refractivity contribution < 1.29 is 19.4 Å². The van der Waals surface area contributed by atoms with Crippen LogP contribution in [-0.2, 0) is 14.3 Å². The van der Waals surface area contributed by atoms with Crippen LogP contribution in [0.1, 0.15) is 44.4 Å². The van der Waals surface area contributed by atoms with Gasteiger partial charge in [0.15, 0.2) is 0 Å². The molecule has 6 nitrogen and oxygen atoms in total. The van der Waals surface area contributed by atoms with Crippen LogP contribution < -0.4 is 4.90 Å². The van der Waals surface area contributed by atoms with Crippen LogP contribution in [-0.4, -0.2) is 34.6 Å². The third-order valence-electron chi connectivity index (χ3n) is 8.64. The molecule has 2 aliphatic heterocycles. The number of carbonyl (C=O) groups is 2. The Balaban J connectivity index is 1.30. The number of carbonyl (C=O) groups excluding carboxylic acids is 2. The molecule has 6 rings (SSSR count). The molecule has 1 N–H and O–H groups in total. The fraction of sp³-hybridized carbons (Fsp3) is 0.324. The van der Waals surface area contributed by atoms with Gasteiger partial charge in [-0.05, 0) is 90.4 Å². The summed E-state index contributed by atoms with van der Waals surface area (Å²) < 4.78 is 6.44. The van der Waals surface area contributed by atoms with Crippen LogP contribution in [0.4, 0.5) is 5.69 Å². The fourth-order valence-corrected chi connectivity index (χ4v) is 6.95. The van der Waals surface area contributed by atoms with Crippen molar-refractivity contribution in [2.45, 2.75) is 39.2 Å². The molecule has 3 heterocycles. The maximum absolute atomic E-state index is 13.8. The van der Waals surface area contributed by atoms with Crippen molar-refractivity contribution in [3.8, 4) is 5.75 Å². The van der Waals surface area contributed by atoms with Crippen LogP contribution in [0.2, 0.25) is 5.02 Å². The minimum absolute atomic E-state index is 0.0991. The van der Waals surface area contributed by atoms with Gasteiger partial charge in [0.05, 0.1) is 41.0 Å².